The number of nitrogens with two attached hydrogens (primary N) is 1. The minimum absolute atomic E-state index is 0.167. The van der Waals surface area contributed by atoms with Crippen LogP contribution < -0.4 is 34.9 Å². The van der Waals surface area contributed by atoms with Crippen molar-refractivity contribution >= 4 is 23.4 Å². The molecule has 1 saturated heterocycles. The molecule has 1 atom stereocenters. The molecule has 1 heterocycles. The van der Waals surface area contributed by atoms with Crippen LogP contribution >= 0.6 is 0 Å². The molecule has 38 heavy (non-hydrogen) atoms. The Labute approximate surface area is 222 Å². The molecule has 0 aromatic heterocycles. The minimum Gasteiger partial charge on any atom is -0.497 e. The van der Waals surface area contributed by atoms with Crippen molar-refractivity contribution in [2.24, 2.45) is 0 Å². The van der Waals surface area contributed by atoms with Gasteiger partial charge in [-0.15, -0.1) is 0 Å². The van der Waals surface area contributed by atoms with E-state index in [4.69, 9.17) is 29.4 Å². The Kier molecular flexibility index (Phi) is 9.64. The molecule has 3 aromatic rings. The fourth-order valence-electron chi connectivity index (χ4n) is 3.87. The third-order valence-corrected chi connectivity index (χ3v) is 5.69. The van der Waals surface area contributed by atoms with E-state index >= 15 is 0 Å². The van der Waals surface area contributed by atoms with E-state index in [1.54, 1.807) is 58.8 Å². The standard InChI is InChI=1S/C20H22N2O5.C8H11NO2/c1-13(23)21-11-16-12-22(20(24)27-16)15-9-17(25-2)19(18(10-15)26-3)14-7-5-4-6-8-14;1-10-7-3-6(9)4-8(5-7)11-2/h4-10,16H,11-12H2,1-3H3,(H,21,23);3-5H,9H2,1-2H3. The van der Waals surface area contributed by atoms with Gasteiger partial charge in [0.05, 0.1) is 52.8 Å². The van der Waals surface area contributed by atoms with Crippen molar-refractivity contribution in [3.8, 4) is 34.1 Å². The number of benzene rings is 3. The van der Waals surface area contributed by atoms with Crippen LogP contribution in [0.15, 0.2) is 60.7 Å². The number of carbonyl (C=O) groups is 2. The van der Waals surface area contributed by atoms with E-state index < -0.39 is 12.2 Å². The third kappa shape index (κ3) is 7.00. The topological polar surface area (TPSA) is 122 Å². The maximum absolute atomic E-state index is 12.3. The molecule has 3 N–H and O–H groups in total. The predicted molar refractivity (Wildman–Crippen MR) is 145 cm³/mol. The highest BCUT2D eigenvalue weighted by Crippen LogP contribution is 2.42. The number of amides is 2. The summed E-state index contributed by atoms with van der Waals surface area (Å²) in [4.78, 5) is 24.9. The summed E-state index contributed by atoms with van der Waals surface area (Å²) in [5, 5.41) is 2.66. The van der Waals surface area contributed by atoms with Crippen LogP contribution in [-0.4, -0.2) is 59.6 Å². The van der Waals surface area contributed by atoms with E-state index in [1.165, 1.54) is 11.8 Å². The first-order chi connectivity index (χ1) is 18.3. The molecule has 0 bridgehead atoms. The Hall–Kier alpha value is -4.60. The van der Waals surface area contributed by atoms with Crippen LogP contribution in [0.1, 0.15) is 6.92 Å². The van der Waals surface area contributed by atoms with Crippen molar-refractivity contribution in [2.75, 3.05) is 52.2 Å². The van der Waals surface area contributed by atoms with Gasteiger partial charge in [-0.25, -0.2) is 4.79 Å². The Bertz CT molecular complexity index is 1200. The lowest BCUT2D eigenvalue weighted by atomic mass is 10.0. The fraction of sp³-hybridized carbons (Fsp3) is 0.286. The molecule has 3 aromatic carbocycles. The lowest BCUT2D eigenvalue weighted by Gasteiger charge is -2.19. The highest BCUT2D eigenvalue weighted by molar-refractivity contribution is 5.92. The van der Waals surface area contributed by atoms with Crippen molar-refractivity contribution in [3.63, 3.8) is 0 Å². The Morgan fingerprint density at radius 2 is 1.53 bits per heavy atom. The van der Waals surface area contributed by atoms with E-state index in [1.807, 2.05) is 30.3 Å². The van der Waals surface area contributed by atoms with Gasteiger partial charge in [-0.3, -0.25) is 9.69 Å². The second-order valence-corrected chi connectivity index (χ2v) is 8.29. The zero-order valence-electron chi connectivity index (χ0n) is 22.1. The molecule has 2 amide bonds. The monoisotopic (exact) mass is 523 g/mol. The van der Waals surface area contributed by atoms with Gasteiger partial charge < -0.3 is 34.7 Å². The smallest absolute Gasteiger partial charge is 0.414 e. The molecular weight excluding hydrogens is 490 g/mol. The van der Waals surface area contributed by atoms with Crippen LogP contribution in [0.2, 0.25) is 0 Å². The first kappa shape index (κ1) is 28.0. The molecule has 10 heteroatoms. The van der Waals surface area contributed by atoms with Crippen LogP contribution in [0, 0.1) is 0 Å². The Morgan fingerprint density at radius 1 is 0.947 bits per heavy atom. The maximum Gasteiger partial charge on any atom is 0.414 e. The fourth-order valence-corrected chi connectivity index (χ4v) is 3.87. The largest absolute Gasteiger partial charge is 0.497 e. The molecule has 0 spiro atoms. The number of carbonyl (C=O) groups excluding carboxylic acids is 2. The van der Waals surface area contributed by atoms with Gasteiger partial charge in [-0.05, 0) is 5.56 Å². The number of hydrogen-bond donors (Lipinski definition) is 2. The van der Waals surface area contributed by atoms with Crippen molar-refractivity contribution < 1.29 is 33.3 Å². The summed E-state index contributed by atoms with van der Waals surface area (Å²) in [6.45, 7) is 2.02. The quantitative estimate of drug-likeness (QED) is 0.423. The van der Waals surface area contributed by atoms with Crippen molar-refractivity contribution in [1.82, 2.24) is 5.32 Å². The summed E-state index contributed by atoms with van der Waals surface area (Å²) in [5.74, 6) is 2.44. The highest BCUT2D eigenvalue weighted by Gasteiger charge is 2.33. The molecule has 1 fully saturated rings. The summed E-state index contributed by atoms with van der Waals surface area (Å²) in [7, 11) is 6.34. The third-order valence-electron chi connectivity index (χ3n) is 5.69. The molecule has 202 valence electrons. The molecular formula is C28H33N3O7. The number of hydrogen-bond acceptors (Lipinski definition) is 8. The molecule has 0 radical (unpaired) electrons. The van der Waals surface area contributed by atoms with Gasteiger partial charge in [0, 0.05) is 42.9 Å². The Balaban J connectivity index is 0.000000304. The van der Waals surface area contributed by atoms with Crippen molar-refractivity contribution in [3.05, 3.63) is 60.7 Å². The van der Waals surface area contributed by atoms with E-state index in [0.29, 0.717) is 40.9 Å². The van der Waals surface area contributed by atoms with Gasteiger partial charge in [0.15, 0.2) is 0 Å². The number of anilines is 2. The number of ether oxygens (including phenoxy) is 5. The number of nitrogens with one attached hydrogen (secondary N) is 1. The van der Waals surface area contributed by atoms with Gasteiger partial charge in [0.25, 0.3) is 0 Å². The first-order valence-electron chi connectivity index (χ1n) is 11.8. The second-order valence-electron chi connectivity index (χ2n) is 8.29. The van der Waals surface area contributed by atoms with Gasteiger partial charge in [-0.1, -0.05) is 30.3 Å². The summed E-state index contributed by atoms with van der Waals surface area (Å²) >= 11 is 0. The van der Waals surface area contributed by atoms with Crippen LogP contribution in [0.5, 0.6) is 23.0 Å². The van der Waals surface area contributed by atoms with Crippen molar-refractivity contribution in [1.29, 1.82) is 0 Å². The number of rotatable bonds is 8. The van der Waals surface area contributed by atoms with Crippen LogP contribution in [0.4, 0.5) is 16.2 Å². The lowest BCUT2D eigenvalue weighted by Crippen LogP contribution is -2.33. The Morgan fingerprint density at radius 3 is 2.03 bits per heavy atom. The average Bonchev–Trinajstić information content (AvgIpc) is 3.31. The molecule has 1 unspecified atom stereocenters. The van der Waals surface area contributed by atoms with Gasteiger partial charge >= 0.3 is 6.09 Å². The first-order valence-corrected chi connectivity index (χ1v) is 11.8. The normalized spacial score (nSPS) is 14.1. The van der Waals surface area contributed by atoms with Crippen LogP contribution in [0.3, 0.4) is 0 Å². The number of cyclic esters (lactones) is 1. The summed E-state index contributed by atoms with van der Waals surface area (Å²) in [6, 6.07) is 18.6. The summed E-state index contributed by atoms with van der Waals surface area (Å²) < 4.78 is 26.4. The zero-order chi connectivity index (χ0) is 27.7. The number of methoxy groups -OCH3 is 4. The lowest BCUT2D eigenvalue weighted by molar-refractivity contribution is -0.119. The summed E-state index contributed by atoms with van der Waals surface area (Å²) in [5.41, 5.74) is 8.56. The molecule has 4 rings (SSSR count). The highest BCUT2D eigenvalue weighted by atomic mass is 16.6. The molecule has 10 nitrogen and oxygen atoms in total. The van der Waals surface area contributed by atoms with E-state index in [2.05, 4.69) is 5.32 Å². The van der Waals surface area contributed by atoms with E-state index in [-0.39, 0.29) is 12.5 Å². The minimum atomic E-state index is -0.470. The number of nitrogen functional groups attached to an aromatic ring is 1. The molecule has 1 aliphatic heterocycles. The van der Waals surface area contributed by atoms with E-state index in [0.717, 1.165) is 11.1 Å². The van der Waals surface area contributed by atoms with Gasteiger partial charge in [-0.2, -0.15) is 0 Å². The second kappa shape index (κ2) is 13.1. The van der Waals surface area contributed by atoms with Gasteiger partial charge in [0.2, 0.25) is 5.91 Å². The zero-order valence-corrected chi connectivity index (χ0v) is 22.1. The predicted octanol–water partition coefficient (Wildman–Crippen LogP) is 4.12. The molecule has 1 aliphatic rings. The number of nitrogens with zero attached hydrogens (tertiary/aromatic N) is 1. The van der Waals surface area contributed by atoms with Crippen LogP contribution in [-0.2, 0) is 9.53 Å². The van der Waals surface area contributed by atoms with Crippen LogP contribution in [0.25, 0.3) is 11.1 Å². The molecule has 0 saturated carbocycles. The average molecular weight is 524 g/mol. The summed E-state index contributed by atoms with van der Waals surface area (Å²) in [6.07, 6.45) is -0.880. The van der Waals surface area contributed by atoms with Crippen molar-refractivity contribution in [2.45, 2.75) is 13.0 Å². The van der Waals surface area contributed by atoms with E-state index in [9.17, 15) is 9.59 Å². The maximum atomic E-state index is 12.3. The molecule has 0 aliphatic carbocycles. The van der Waals surface area contributed by atoms with Gasteiger partial charge in [0.1, 0.15) is 29.1 Å². The SMILES string of the molecule is COc1cc(N)cc(OC)c1.COc1cc(N2CC(CNC(C)=O)OC2=O)cc(OC)c1-c1ccccc1.